The van der Waals surface area contributed by atoms with Crippen molar-refractivity contribution in [3.8, 4) is 11.5 Å². The van der Waals surface area contributed by atoms with Crippen molar-refractivity contribution < 1.29 is 19.1 Å². The zero-order valence-corrected chi connectivity index (χ0v) is 13.8. The van der Waals surface area contributed by atoms with E-state index in [1.54, 1.807) is 18.2 Å². The van der Waals surface area contributed by atoms with Crippen molar-refractivity contribution >= 4 is 35.0 Å². The van der Waals surface area contributed by atoms with Crippen molar-refractivity contribution in [2.75, 3.05) is 25.5 Å². The number of amides is 2. The van der Waals surface area contributed by atoms with Crippen LogP contribution in [0.3, 0.4) is 0 Å². The number of rotatable bonds is 8. The average Bonchev–Trinajstić information content (AvgIpc) is 2.54. The van der Waals surface area contributed by atoms with E-state index >= 15 is 0 Å². The van der Waals surface area contributed by atoms with Crippen molar-refractivity contribution in [3.05, 3.63) is 23.8 Å². The molecule has 8 heteroatoms. The summed E-state index contributed by atoms with van der Waals surface area (Å²) in [7, 11) is 1.51. The number of carbonyl (C=O) groups is 2. The second kappa shape index (κ2) is 9.38. The third-order valence-electron chi connectivity index (χ3n) is 2.67. The lowest BCUT2D eigenvalue weighted by molar-refractivity contribution is -0.122. The minimum absolute atomic E-state index is 0.221. The van der Waals surface area contributed by atoms with Gasteiger partial charge in [-0.05, 0) is 24.6 Å². The summed E-state index contributed by atoms with van der Waals surface area (Å²) in [5, 5.41) is 5.19. The van der Waals surface area contributed by atoms with Gasteiger partial charge in [-0.1, -0.05) is 6.07 Å². The quantitative estimate of drug-likeness (QED) is 0.554. The summed E-state index contributed by atoms with van der Waals surface area (Å²) in [6.07, 6.45) is -0.762. The Kier molecular flexibility index (Phi) is 7.84. The number of carbonyl (C=O) groups excluding carboxylic acids is 2. The smallest absolute Gasteiger partial charge is 0.236 e. The van der Waals surface area contributed by atoms with Crippen LogP contribution in [0.1, 0.15) is 18.7 Å². The van der Waals surface area contributed by atoms with Crippen LogP contribution in [-0.2, 0) is 9.59 Å². The largest absolute Gasteiger partial charge is 0.493 e. The summed E-state index contributed by atoms with van der Waals surface area (Å²) >= 11 is 11.0. The van der Waals surface area contributed by atoms with Crippen LogP contribution in [-0.4, -0.2) is 37.3 Å². The molecule has 0 fully saturated rings. The fourth-order valence-electron chi connectivity index (χ4n) is 1.74. The van der Waals surface area contributed by atoms with E-state index in [0.717, 1.165) is 0 Å². The van der Waals surface area contributed by atoms with Crippen molar-refractivity contribution in [2.24, 2.45) is 0 Å². The number of hydrogen-bond acceptors (Lipinski definition) is 4. The Labute approximate surface area is 139 Å². The molecule has 0 aliphatic rings. The second-order valence-corrected chi connectivity index (χ2v) is 4.71. The van der Waals surface area contributed by atoms with Gasteiger partial charge in [-0.15, -0.1) is 23.2 Å². The van der Waals surface area contributed by atoms with Gasteiger partial charge < -0.3 is 20.1 Å². The lowest BCUT2D eigenvalue weighted by atomic mass is 10.1. The lowest BCUT2D eigenvalue weighted by Crippen LogP contribution is -2.42. The van der Waals surface area contributed by atoms with Crippen molar-refractivity contribution in [1.29, 1.82) is 0 Å². The van der Waals surface area contributed by atoms with Gasteiger partial charge in [0.25, 0.3) is 0 Å². The molecule has 6 nitrogen and oxygen atoms in total. The van der Waals surface area contributed by atoms with Crippen LogP contribution >= 0.6 is 23.2 Å². The van der Waals surface area contributed by atoms with Crippen LogP contribution in [0.25, 0.3) is 0 Å². The van der Waals surface area contributed by atoms with Crippen LogP contribution < -0.4 is 20.1 Å². The van der Waals surface area contributed by atoms with Gasteiger partial charge >= 0.3 is 0 Å². The molecule has 1 aromatic carbocycles. The summed E-state index contributed by atoms with van der Waals surface area (Å²) in [6, 6.07) is 5.07. The van der Waals surface area contributed by atoms with Gasteiger partial charge in [0.05, 0.1) is 13.7 Å². The highest BCUT2D eigenvalue weighted by molar-refractivity contribution is 6.27. The van der Waals surface area contributed by atoms with Gasteiger partial charge in [-0.3, -0.25) is 9.59 Å². The molecule has 0 bridgehead atoms. The molecule has 22 heavy (non-hydrogen) atoms. The fraction of sp³-hybridized carbons (Fsp3) is 0.429. The molecule has 0 heterocycles. The summed E-state index contributed by atoms with van der Waals surface area (Å²) in [6.45, 7) is 2.35. The van der Waals surface area contributed by atoms with Gasteiger partial charge in [0.15, 0.2) is 11.5 Å². The first-order valence-electron chi connectivity index (χ1n) is 6.57. The average molecular weight is 349 g/mol. The number of alkyl halides is 2. The Morgan fingerprint density at radius 1 is 1.14 bits per heavy atom. The summed E-state index contributed by atoms with van der Waals surface area (Å²) in [5.41, 5.74) is 0.609. The van der Waals surface area contributed by atoms with E-state index < -0.39 is 18.0 Å². The highest BCUT2D eigenvalue weighted by atomic mass is 35.5. The molecule has 1 rings (SSSR count). The summed E-state index contributed by atoms with van der Waals surface area (Å²) < 4.78 is 10.7. The predicted octanol–water partition coefficient (Wildman–Crippen LogP) is 1.80. The highest BCUT2D eigenvalue weighted by Gasteiger charge is 2.18. The van der Waals surface area contributed by atoms with Crippen LogP contribution in [0.5, 0.6) is 11.5 Å². The molecule has 0 unspecified atom stereocenters. The molecular formula is C14H18Cl2N2O4. The number of ether oxygens (including phenoxy) is 2. The Morgan fingerprint density at radius 3 is 2.18 bits per heavy atom. The van der Waals surface area contributed by atoms with Crippen LogP contribution in [0.15, 0.2) is 18.2 Å². The third-order valence-corrected chi connectivity index (χ3v) is 3.16. The first-order chi connectivity index (χ1) is 10.5. The van der Waals surface area contributed by atoms with Crippen LogP contribution in [0.2, 0.25) is 0 Å². The third kappa shape index (κ3) is 5.27. The number of methoxy groups -OCH3 is 1. The molecule has 0 saturated heterocycles. The maximum absolute atomic E-state index is 11.5. The molecule has 0 aromatic heterocycles. The van der Waals surface area contributed by atoms with Crippen LogP contribution in [0.4, 0.5) is 0 Å². The zero-order chi connectivity index (χ0) is 16.5. The molecule has 122 valence electrons. The van der Waals surface area contributed by atoms with Gasteiger partial charge in [0, 0.05) is 0 Å². The Hall–Kier alpha value is -1.66. The highest BCUT2D eigenvalue weighted by Crippen LogP contribution is 2.29. The first-order valence-corrected chi connectivity index (χ1v) is 7.64. The Bertz CT molecular complexity index is 508. The Morgan fingerprint density at radius 2 is 1.73 bits per heavy atom. The van der Waals surface area contributed by atoms with E-state index in [1.165, 1.54) is 7.11 Å². The van der Waals surface area contributed by atoms with Crippen molar-refractivity contribution in [2.45, 2.75) is 13.1 Å². The van der Waals surface area contributed by atoms with Gasteiger partial charge in [-0.25, -0.2) is 0 Å². The molecule has 2 amide bonds. The fourth-order valence-corrected chi connectivity index (χ4v) is 1.89. The van der Waals surface area contributed by atoms with Gasteiger partial charge in [0.1, 0.15) is 17.9 Å². The van der Waals surface area contributed by atoms with E-state index in [2.05, 4.69) is 10.6 Å². The van der Waals surface area contributed by atoms with Gasteiger partial charge in [0.2, 0.25) is 11.8 Å². The first kappa shape index (κ1) is 18.4. The number of nitrogens with one attached hydrogen (secondary N) is 2. The Balaban J connectivity index is 3.06. The second-order valence-electron chi connectivity index (χ2n) is 4.18. The summed E-state index contributed by atoms with van der Waals surface area (Å²) in [5.74, 6) is -0.226. The van der Waals surface area contributed by atoms with E-state index in [0.29, 0.717) is 23.7 Å². The maximum atomic E-state index is 11.5. The minimum Gasteiger partial charge on any atom is -0.493 e. The molecule has 0 aliphatic heterocycles. The van der Waals surface area contributed by atoms with Crippen LogP contribution in [0, 0.1) is 0 Å². The lowest BCUT2D eigenvalue weighted by Gasteiger charge is -2.21. The monoisotopic (exact) mass is 348 g/mol. The normalized spacial score (nSPS) is 10.2. The van der Waals surface area contributed by atoms with Gasteiger partial charge in [-0.2, -0.15) is 0 Å². The van der Waals surface area contributed by atoms with E-state index in [9.17, 15) is 9.59 Å². The molecule has 0 saturated carbocycles. The maximum Gasteiger partial charge on any atom is 0.236 e. The zero-order valence-electron chi connectivity index (χ0n) is 12.3. The van der Waals surface area contributed by atoms with E-state index in [-0.39, 0.29) is 11.8 Å². The molecule has 0 radical (unpaired) electrons. The molecule has 0 atom stereocenters. The van der Waals surface area contributed by atoms with Crippen molar-refractivity contribution in [1.82, 2.24) is 10.6 Å². The number of hydrogen-bond donors (Lipinski definition) is 2. The molecule has 2 N–H and O–H groups in total. The van der Waals surface area contributed by atoms with E-state index in [4.69, 9.17) is 32.7 Å². The minimum atomic E-state index is -0.762. The summed E-state index contributed by atoms with van der Waals surface area (Å²) in [4.78, 5) is 23.0. The number of halogens is 2. The molecular weight excluding hydrogens is 331 g/mol. The SMILES string of the molecule is CCOc1ccc(C(NC(=O)CCl)NC(=O)CCl)cc1OC. The number of benzene rings is 1. The van der Waals surface area contributed by atoms with Crippen molar-refractivity contribution in [3.63, 3.8) is 0 Å². The molecule has 0 spiro atoms. The molecule has 0 aliphatic carbocycles. The topological polar surface area (TPSA) is 76.7 Å². The standard InChI is InChI=1S/C14H18Cl2N2O4/c1-3-22-10-5-4-9(6-11(10)21-2)14(17-12(19)7-15)18-13(20)8-16/h4-6,14H,3,7-8H2,1-2H3,(H,17,19)(H,18,20). The predicted molar refractivity (Wildman–Crippen MR) is 84.6 cm³/mol. The van der Waals surface area contributed by atoms with E-state index in [1.807, 2.05) is 6.92 Å². The molecule has 1 aromatic rings.